The van der Waals surface area contributed by atoms with Crippen LogP contribution in [0.2, 0.25) is 0 Å². The first kappa shape index (κ1) is 13.9. The van der Waals surface area contributed by atoms with Crippen LogP contribution >= 0.6 is 0 Å². The van der Waals surface area contributed by atoms with Crippen molar-refractivity contribution in [3.8, 4) is 0 Å². The molecule has 0 aromatic carbocycles. The summed E-state index contributed by atoms with van der Waals surface area (Å²) < 4.78 is 0. The smallest absolute Gasteiger partial charge is 0.308 e. The normalized spacial score (nSPS) is 35.7. The van der Waals surface area contributed by atoms with E-state index in [2.05, 4.69) is 0 Å². The van der Waals surface area contributed by atoms with Crippen LogP contribution in [-0.4, -0.2) is 16.6 Å². The van der Waals surface area contributed by atoms with Crippen LogP contribution in [-0.2, 0) is 4.79 Å². The lowest BCUT2D eigenvalue weighted by molar-refractivity contribution is -0.145. The van der Waals surface area contributed by atoms with Gasteiger partial charge in [0.25, 0.3) is 0 Å². The number of hydrogen-bond donors (Lipinski definition) is 2. The minimum Gasteiger partial charge on any atom is -0.481 e. The molecule has 2 rings (SSSR count). The molecule has 2 aliphatic carbocycles. The molecule has 0 heterocycles. The van der Waals surface area contributed by atoms with Gasteiger partial charge in [-0.25, -0.2) is 0 Å². The van der Waals surface area contributed by atoms with E-state index < -0.39 is 11.5 Å². The van der Waals surface area contributed by atoms with Crippen LogP contribution in [0.15, 0.2) is 0 Å². The van der Waals surface area contributed by atoms with Gasteiger partial charge in [-0.15, -0.1) is 0 Å². The summed E-state index contributed by atoms with van der Waals surface area (Å²) in [5.74, 6) is -0.550. The van der Waals surface area contributed by atoms with Crippen molar-refractivity contribution in [1.82, 2.24) is 0 Å². The zero-order valence-corrected chi connectivity index (χ0v) is 11.4. The monoisotopic (exact) mass is 253 g/mol. The second-order valence-corrected chi connectivity index (χ2v) is 6.29. The Labute approximate surface area is 110 Å². The van der Waals surface area contributed by atoms with E-state index in [1.807, 2.05) is 0 Å². The van der Waals surface area contributed by atoms with E-state index in [1.165, 1.54) is 25.7 Å². The van der Waals surface area contributed by atoms with Gasteiger partial charge in [0.15, 0.2) is 0 Å². The van der Waals surface area contributed by atoms with Crippen molar-refractivity contribution in [3.63, 3.8) is 0 Å². The predicted octanol–water partition coefficient (Wildman–Crippen LogP) is 3.32. The number of carbonyl (C=O) groups is 1. The molecule has 2 fully saturated rings. The lowest BCUT2D eigenvalue weighted by atomic mass is 9.69. The minimum absolute atomic E-state index is 0.317. The number of aliphatic carboxylic acids is 1. The highest BCUT2D eigenvalue weighted by Crippen LogP contribution is 2.41. The van der Waals surface area contributed by atoms with Crippen LogP contribution in [0.4, 0.5) is 0 Å². The largest absolute Gasteiger partial charge is 0.481 e. The lowest BCUT2D eigenvalue weighted by Crippen LogP contribution is -2.55. The average Bonchev–Trinajstić information content (AvgIpc) is 2.69. The molecule has 3 nitrogen and oxygen atoms in total. The number of rotatable bonds is 2. The Morgan fingerprint density at radius 1 is 0.944 bits per heavy atom. The van der Waals surface area contributed by atoms with Crippen molar-refractivity contribution in [2.75, 3.05) is 0 Å². The van der Waals surface area contributed by atoms with E-state index in [0.29, 0.717) is 5.92 Å². The van der Waals surface area contributed by atoms with Crippen LogP contribution in [0.25, 0.3) is 0 Å². The third kappa shape index (κ3) is 2.87. The van der Waals surface area contributed by atoms with Crippen molar-refractivity contribution in [1.29, 1.82) is 0 Å². The fraction of sp³-hybridized carbons (Fsp3) is 0.933. The first-order valence-corrected chi connectivity index (χ1v) is 7.66. The molecule has 2 unspecified atom stereocenters. The molecule has 0 amide bonds. The second-order valence-electron chi connectivity index (χ2n) is 6.29. The van der Waals surface area contributed by atoms with Crippen LogP contribution in [0.1, 0.15) is 70.6 Å². The molecule has 2 saturated carbocycles. The molecule has 0 saturated heterocycles. The van der Waals surface area contributed by atoms with Crippen molar-refractivity contribution in [2.24, 2.45) is 17.6 Å². The first-order chi connectivity index (χ1) is 8.64. The van der Waals surface area contributed by atoms with Crippen LogP contribution < -0.4 is 5.73 Å². The molecule has 3 N–H and O–H groups in total. The van der Waals surface area contributed by atoms with Crippen LogP contribution in [0.5, 0.6) is 0 Å². The topological polar surface area (TPSA) is 63.3 Å². The number of carboxylic acid groups (broad SMARTS) is 1. The fourth-order valence-corrected chi connectivity index (χ4v) is 4.06. The number of hydrogen-bond acceptors (Lipinski definition) is 2. The molecule has 104 valence electrons. The summed E-state index contributed by atoms with van der Waals surface area (Å²) in [6, 6.07) is 0. The summed E-state index contributed by atoms with van der Waals surface area (Å²) in [5.41, 5.74) is 6.23. The van der Waals surface area contributed by atoms with Crippen LogP contribution in [0, 0.1) is 11.8 Å². The SMILES string of the molecule is NC1(C2CCCCCC2)CCCCCC1C(=O)O. The molecule has 18 heavy (non-hydrogen) atoms. The van der Waals surface area contributed by atoms with Gasteiger partial charge < -0.3 is 10.8 Å². The maximum Gasteiger partial charge on any atom is 0.308 e. The van der Waals surface area contributed by atoms with Gasteiger partial charge in [0.1, 0.15) is 0 Å². The van der Waals surface area contributed by atoms with E-state index in [9.17, 15) is 9.90 Å². The molecule has 0 aromatic rings. The van der Waals surface area contributed by atoms with Gasteiger partial charge in [0.2, 0.25) is 0 Å². The Bertz CT molecular complexity index is 284. The number of carboxylic acids is 1. The van der Waals surface area contributed by atoms with Gasteiger partial charge in [0, 0.05) is 5.54 Å². The summed E-state index contributed by atoms with van der Waals surface area (Å²) in [5, 5.41) is 9.52. The standard InChI is InChI=1S/C15H27NO2/c16-15(12-8-4-1-2-5-9-12)11-7-3-6-10-13(15)14(17)18/h12-13H,1-11,16H2,(H,17,18). The van der Waals surface area contributed by atoms with Crippen molar-refractivity contribution >= 4 is 5.97 Å². The van der Waals surface area contributed by atoms with E-state index in [0.717, 1.165) is 44.9 Å². The second kappa shape index (κ2) is 6.05. The van der Waals surface area contributed by atoms with Crippen molar-refractivity contribution in [2.45, 2.75) is 76.2 Å². The summed E-state index contributed by atoms with van der Waals surface area (Å²) in [7, 11) is 0. The highest BCUT2D eigenvalue weighted by molar-refractivity contribution is 5.72. The zero-order valence-electron chi connectivity index (χ0n) is 11.4. The van der Waals surface area contributed by atoms with E-state index in [1.54, 1.807) is 0 Å². The molecule has 0 spiro atoms. The lowest BCUT2D eigenvalue weighted by Gasteiger charge is -2.41. The minimum atomic E-state index is -0.663. The highest BCUT2D eigenvalue weighted by atomic mass is 16.4. The molecule has 0 radical (unpaired) electrons. The summed E-state index contributed by atoms with van der Waals surface area (Å²) in [6.07, 6.45) is 12.3. The molecule has 0 bridgehead atoms. The van der Waals surface area contributed by atoms with Gasteiger partial charge in [-0.2, -0.15) is 0 Å². The van der Waals surface area contributed by atoms with E-state index in [4.69, 9.17) is 5.73 Å². The molecule has 0 aromatic heterocycles. The average molecular weight is 253 g/mol. The van der Waals surface area contributed by atoms with Gasteiger partial charge in [-0.1, -0.05) is 44.9 Å². The molecular weight excluding hydrogens is 226 g/mol. The Balaban J connectivity index is 2.18. The Kier molecular flexibility index (Phi) is 4.66. The highest BCUT2D eigenvalue weighted by Gasteiger charge is 2.45. The molecule has 2 aliphatic rings. The fourth-order valence-electron chi connectivity index (χ4n) is 4.06. The summed E-state index contributed by atoms with van der Waals surface area (Å²) in [6.45, 7) is 0. The van der Waals surface area contributed by atoms with Gasteiger partial charge in [-0.3, -0.25) is 4.79 Å². The third-order valence-corrected chi connectivity index (χ3v) is 5.16. The van der Waals surface area contributed by atoms with Crippen LogP contribution in [0.3, 0.4) is 0 Å². The summed E-state index contributed by atoms with van der Waals surface area (Å²) in [4.78, 5) is 11.6. The van der Waals surface area contributed by atoms with Crippen molar-refractivity contribution < 1.29 is 9.90 Å². The Morgan fingerprint density at radius 3 is 2.11 bits per heavy atom. The Morgan fingerprint density at radius 2 is 1.50 bits per heavy atom. The maximum absolute atomic E-state index is 11.6. The van der Waals surface area contributed by atoms with Gasteiger partial charge >= 0.3 is 5.97 Å². The maximum atomic E-state index is 11.6. The first-order valence-electron chi connectivity index (χ1n) is 7.66. The molecular formula is C15H27NO2. The van der Waals surface area contributed by atoms with Gasteiger partial charge in [-0.05, 0) is 31.6 Å². The molecule has 0 aliphatic heterocycles. The zero-order chi connectivity index (χ0) is 13.0. The molecule has 3 heteroatoms. The quantitative estimate of drug-likeness (QED) is 0.742. The predicted molar refractivity (Wildman–Crippen MR) is 72.3 cm³/mol. The molecule has 2 atom stereocenters. The van der Waals surface area contributed by atoms with E-state index >= 15 is 0 Å². The third-order valence-electron chi connectivity index (χ3n) is 5.16. The van der Waals surface area contributed by atoms with Gasteiger partial charge in [0.05, 0.1) is 5.92 Å². The van der Waals surface area contributed by atoms with E-state index in [-0.39, 0.29) is 5.92 Å². The Hall–Kier alpha value is -0.570. The summed E-state index contributed by atoms with van der Waals surface area (Å²) >= 11 is 0. The number of nitrogens with two attached hydrogens (primary N) is 1. The van der Waals surface area contributed by atoms with Crippen molar-refractivity contribution in [3.05, 3.63) is 0 Å².